The van der Waals surface area contributed by atoms with Gasteiger partial charge in [0.05, 0.1) is 5.02 Å². The van der Waals surface area contributed by atoms with E-state index in [1.165, 1.54) is 3.57 Å². The van der Waals surface area contributed by atoms with E-state index in [1.54, 1.807) is 30.3 Å². The van der Waals surface area contributed by atoms with E-state index in [2.05, 4.69) is 39.3 Å². The van der Waals surface area contributed by atoms with Crippen molar-refractivity contribution in [1.82, 2.24) is 5.32 Å². The van der Waals surface area contributed by atoms with Crippen LogP contribution in [0.15, 0.2) is 46.9 Å². The van der Waals surface area contributed by atoms with Crippen LogP contribution in [0.4, 0.5) is 5.69 Å². The third kappa shape index (κ3) is 4.86. The highest BCUT2D eigenvalue weighted by Crippen LogP contribution is 2.31. The lowest BCUT2D eigenvalue weighted by atomic mass is 10.1. The number of hydrogen-bond acceptors (Lipinski definition) is 3. The monoisotopic (exact) mass is 544 g/mol. The highest BCUT2D eigenvalue weighted by atomic mass is 127. The van der Waals surface area contributed by atoms with Gasteiger partial charge in [0, 0.05) is 19.8 Å². The van der Waals surface area contributed by atoms with E-state index in [-0.39, 0.29) is 10.9 Å². The molecule has 4 nitrogen and oxygen atoms in total. The zero-order valence-corrected chi connectivity index (χ0v) is 19.4. The van der Waals surface area contributed by atoms with Crippen molar-refractivity contribution in [2.24, 2.45) is 0 Å². The Morgan fingerprint density at radius 3 is 2.54 bits per heavy atom. The zero-order valence-electron chi connectivity index (χ0n) is 14.9. The summed E-state index contributed by atoms with van der Waals surface area (Å²) in [6.07, 6.45) is 0. The number of nitrogens with one attached hydrogen (secondary N) is 2. The van der Waals surface area contributed by atoms with Gasteiger partial charge in [-0.25, -0.2) is 0 Å². The molecule has 0 aliphatic carbocycles. The minimum absolute atomic E-state index is 0.126. The van der Waals surface area contributed by atoms with Gasteiger partial charge in [0.25, 0.3) is 5.91 Å². The number of carbonyl (C=O) groups is 1. The highest BCUT2D eigenvalue weighted by Gasteiger charge is 2.16. The number of benzene rings is 2. The van der Waals surface area contributed by atoms with Crippen molar-refractivity contribution < 1.29 is 9.21 Å². The number of amides is 1. The number of furan rings is 1. The predicted octanol–water partition coefficient (Wildman–Crippen LogP) is 6.60. The summed E-state index contributed by atoms with van der Waals surface area (Å²) in [4.78, 5) is 12.4. The van der Waals surface area contributed by atoms with Crippen LogP contribution in [0.3, 0.4) is 0 Å². The number of thiocarbonyl (C=S) groups is 1. The molecule has 8 heteroatoms. The Bertz CT molecular complexity index is 1080. The number of halogens is 3. The van der Waals surface area contributed by atoms with Crippen LogP contribution in [0.1, 0.15) is 21.7 Å². The van der Waals surface area contributed by atoms with Gasteiger partial charge in [-0.3, -0.25) is 10.1 Å². The van der Waals surface area contributed by atoms with E-state index < -0.39 is 5.91 Å². The molecule has 0 radical (unpaired) electrons. The SMILES string of the molecule is Cc1cc(NC(=S)NC(=O)c2ccc(-c3ccc(Cl)cc3Cl)o2)c(C)cc1I. The van der Waals surface area contributed by atoms with Crippen LogP contribution in [0.5, 0.6) is 0 Å². The molecule has 0 bridgehead atoms. The first kappa shape index (κ1) is 21.1. The molecule has 0 unspecified atom stereocenters. The summed E-state index contributed by atoms with van der Waals surface area (Å²) < 4.78 is 6.80. The van der Waals surface area contributed by atoms with Crippen LogP contribution in [0.25, 0.3) is 11.3 Å². The Balaban J connectivity index is 1.71. The molecule has 28 heavy (non-hydrogen) atoms. The number of carbonyl (C=O) groups excluding carboxylic acids is 1. The van der Waals surface area contributed by atoms with E-state index >= 15 is 0 Å². The summed E-state index contributed by atoms with van der Waals surface area (Å²) in [7, 11) is 0. The summed E-state index contributed by atoms with van der Waals surface area (Å²) in [5.41, 5.74) is 3.65. The summed E-state index contributed by atoms with van der Waals surface area (Å²) >= 11 is 19.6. The molecule has 0 atom stereocenters. The van der Waals surface area contributed by atoms with Crippen molar-refractivity contribution in [3.05, 3.63) is 73.0 Å². The summed E-state index contributed by atoms with van der Waals surface area (Å²) in [5.74, 6) is 0.143. The molecule has 1 heterocycles. The number of hydrogen-bond donors (Lipinski definition) is 2. The van der Waals surface area contributed by atoms with E-state index in [9.17, 15) is 4.79 Å². The van der Waals surface area contributed by atoms with Gasteiger partial charge < -0.3 is 9.73 Å². The highest BCUT2D eigenvalue weighted by molar-refractivity contribution is 14.1. The molecule has 0 saturated heterocycles. The Hall–Kier alpha value is -1.61. The molecular weight excluding hydrogens is 530 g/mol. The maximum atomic E-state index is 12.4. The second kappa shape index (κ2) is 8.82. The maximum Gasteiger partial charge on any atom is 0.293 e. The van der Waals surface area contributed by atoms with Crippen LogP contribution in [0.2, 0.25) is 10.0 Å². The lowest BCUT2D eigenvalue weighted by molar-refractivity contribution is 0.0951. The van der Waals surface area contributed by atoms with Crippen LogP contribution in [-0.2, 0) is 0 Å². The second-order valence-corrected chi connectivity index (χ2v) is 8.53. The van der Waals surface area contributed by atoms with Crippen molar-refractivity contribution in [2.75, 3.05) is 5.32 Å². The fourth-order valence-electron chi connectivity index (χ4n) is 2.53. The molecule has 3 rings (SSSR count). The molecule has 144 valence electrons. The molecule has 0 spiro atoms. The quantitative estimate of drug-likeness (QED) is 0.288. The van der Waals surface area contributed by atoms with E-state index in [1.807, 2.05) is 19.9 Å². The first-order valence-corrected chi connectivity index (χ1v) is 10.4. The fourth-order valence-corrected chi connectivity index (χ4v) is 3.85. The lowest BCUT2D eigenvalue weighted by Gasteiger charge is -2.13. The number of rotatable bonds is 3. The van der Waals surface area contributed by atoms with Gasteiger partial charge in [-0.05, 0) is 102 Å². The van der Waals surface area contributed by atoms with E-state index in [4.69, 9.17) is 39.8 Å². The average Bonchev–Trinajstić information content (AvgIpc) is 3.09. The summed E-state index contributed by atoms with van der Waals surface area (Å²) in [6, 6.07) is 12.3. The molecule has 1 amide bonds. The van der Waals surface area contributed by atoms with E-state index in [0.29, 0.717) is 21.4 Å². The first-order chi connectivity index (χ1) is 13.2. The topological polar surface area (TPSA) is 54.3 Å². The molecule has 0 fully saturated rings. The Morgan fingerprint density at radius 1 is 1.07 bits per heavy atom. The van der Waals surface area contributed by atoms with Gasteiger partial charge in [-0.1, -0.05) is 23.2 Å². The molecular formula is C20H15Cl2IN2O2S. The van der Waals surface area contributed by atoms with Crippen molar-refractivity contribution in [1.29, 1.82) is 0 Å². The Morgan fingerprint density at radius 2 is 1.82 bits per heavy atom. The van der Waals surface area contributed by atoms with Gasteiger partial charge in [0.2, 0.25) is 0 Å². The molecule has 0 aliphatic rings. The molecule has 0 aliphatic heterocycles. The average molecular weight is 545 g/mol. The van der Waals surface area contributed by atoms with E-state index in [0.717, 1.165) is 16.8 Å². The number of anilines is 1. The van der Waals surface area contributed by atoms with Gasteiger partial charge in [0.15, 0.2) is 10.9 Å². The van der Waals surface area contributed by atoms with Crippen LogP contribution < -0.4 is 10.6 Å². The smallest absolute Gasteiger partial charge is 0.293 e. The molecule has 2 N–H and O–H groups in total. The number of aryl methyl sites for hydroxylation is 2. The van der Waals surface area contributed by atoms with Crippen LogP contribution in [0, 0.1) is 17.4 Å². The lowest BCUT2D eigenvalue weighted by Crippen LogP contribution is -2.34. The molecule has 0 saturated carbocycles. The van der Waals surface area contributed by atoms with Gasteiger partial charge >= 0.3 is 0 Å². The van der Waals surface area contributed by atoms with Crippen molar-refractivity contribution >= 4 is 74.7 Å². The normalized spacial score (nSPS) is 10.6. The maximum absolute atomic E-state index is 12.4. The summed E-state index contributed by atoms with van der Waals surface area (Å²) in [5, 5.41) is 6.83. The minimum atomic E-state index is -0.450. The molecule has 1 aromatic heterocycles. The van der Waals surface area contributed by atoms with Crippen LogP contribution in [-0.4, -0.2) is 11.0 Å². The Labute approximate surface area is 191 Å². The fraction of sp³-hybridized carbons (Fsp3) is 0.100. The van der Waals surface area contributed by atoms with Gasteiger partial charge in [-0.2, -0.15) is 0 Å². The second-order valence-electron chi connectivity index (χ2n) is 6.11. The van der Waals surface area contributed by atoms with Crippen molar-refractivity contribution in [2.45, 2.75) is 13.8 Å². The zero-order chi connectivity index (χ0) is 20.4. The third-order valence-corrected chi connectivity index (χ3v) is 5.92. The van der Waals surface area contributed by atoms with Crippen molar-refractivity contribution in [3.8, 4) is 11.3 Å². The largest absolute Gasteiger partial charge is 0.451 e. The third-order valence-electron chi connectivity index (χ3n) is 4.01. The molecule has 3 aromatic rings. The van der Waals surface area contributed by atoms with Crippen LogP contribution >= 0.6 is 58.0 Å². The van der Waals surface area contributed by atoms with Crippen molar-refractivity contribution in [3.63, 3.8) is 0 Å². The minimum Gasteiger partial charge on any atom is -0.451 e. The van der Waals surface area contributed by atoms with Gasteiger partial charge in [0.1, 0.15) is 5.76 Å². The van der Waals surface area contributed by atoms with Gasteiger partial charge in [-0.15, -0.1) is 0 Å². The first-order valence-electron chi connectivity index (χ1n) is 8.19. The predicted molar refractivity (Wildman–Crippen MR) is 126 cm³/mol. The summed E-state index contributed by atoms with van der Waals surface area (Å²) in [6.45, 7) is 3.99. The standard InChI is InChI=1S/C20H15Cl2IN2O2S/c1-10-8-16(11(2)7-15(10)23)24-20(28)25-19(26)18-6-5-17(27-18)13-4-3-12(21)9-14(13)22/h3-9H,1-2H3,(H2,24,25,26,28). The Kier molecular flexibility index (Phi) is 6.65. The molecule has 2 aromatic carbocycles.